The van der Waals surface area contributed by atoms with Gasteiger partial charge in [-0.1, -0.05) is 35.3 Å². The number of nitrogens with one attached hydrogen (secondary N) is 1. The van der Waals surface area contributed by atoms with Crippen molar-refractivity contribution >= 4 is 39.9 Å². The summed E-state index contributed by atoms with van der Waals surface area (Å²) in [6, 6.07) is 7.92. The molecule has 1 saturated heterocycles. The summed E-state index contributed by atoms with van der Waals surface area (Å²) >= 11 is 13.2. The van der Waals surface area contributed by atoms with Crippen molar-refractivity contribution < 1.29 is 4.74 Å². The van der Waals surface area contributed by atoms with Gasteiger partial charge in [-0.05, 0) is 19.1 Å². The number of imidazole rings is 1. The summed E-state index contributed by atoms with van der Waals surface area (Å²) in [6.45, 7) is 5.66. The summed E-state index contributed by atoms with van der Waals surface area (Å²) in [6.07, 6.45) is 7.09. The highest BCUT2D eigenvalue weighted by molar-refractivity contribution is 6.37. The first-order chi connectivity index (χ1) is 15.6. The number of hydrogen-bond acceptors (Lipinski definition) is 6. The third-order valence-electron chi connectivity index (χ3n) is 5.53. The van der Waals surface area contributed by atoms with Crippen molar-refractivity contribution in [1.29, 1.82) is 0 Å². The molecule has 3 aromatic heterocycles. The Morgan fingerprint density at radius 3 is 2.81 bits per heavy atom. The Hall–Kier alpha value is -2.87. The minimum atomic E-state index is 0.217. The fraction of sp³-hybridized carbons (Fsp3) is 0.261. The molecule has 1 aromatic carbocycles. The van der Waals surface area contributed by atoms with Crippen LogP contribution in [-0.4, -0.2) is 45.7 Å². The molecule has 1 aliphatic heterocycles. The van der Waals surface area contributed by atoms with Crippen molar-refractivity contribution in [3.8, 4) is 11.4 Å². The van der Waals surface area contributed by atoms with Gasteiger partial charge < -0.3 is 19.5 Å². The van der Waals surface area contributed by atoms with Gasteiger partial charge in [0.15, 0.2) is 0 Å². The number of fused-ring (bicyclic) bond motifs is 1. The maximum atomic E-state index is 6.73. The molecule has 0 aliphatic carbocycles. The van der Waals surface area contributed by atoms with Gasteiger partial charge in [0.05, 0.1) is 22.1 Å². The number of benzene rings is 1. The van der Waals surface area contributed by atoms with Crippen LogP contribution in [0.25, 0.3) is 16.6 Å². The van der Waals surface area contributed by atoms with Gasteiger partial charge in [-0.25, -0.2) is 15.0 Å². The zero-order chi connectivity index (χ0) is 22.1. The van der Waals surface area contributed by atoms with Gasteiger partial charge in [-0.3, -0.25) is 0 Å². The highest BCUT2D eigenvalue weighted by Crippen LogP contribution is 2.34. The lowest BCUT2D eigenvalue weighted by Crippen LogP contribution is -2.44. The van der Waals surface area contributed by atoms with Crippen molar-refractivity contribution in [3.63, 3.8) is 0 Å². The number of pyridine rings is 2. The number of hydrogen-bond donors (Lipinski definition) is 1. The highest BCUT2D eigenvalue weighted by atomic mass is 35.5. The molecule has 1 fully saturated rings. The van der Waals surface area contributed by atoms with Gasteiger partial charge in [-0.15, -0.1) is 0 Å². The first-order valence-corrected chi connectivity index (χ1v) is 11.2. The van der Waals surface area contributed by atoms with E-state index in [0.29, 0.717) is 15.8 Å². The van der Waals surface area contributed by atoms with E-state index in [9.17, 15) is 0 Å². The van der Waals surface area contributed by atoms with Gasteiger partial charge in [0.1, 0.15) is 23.7 Å². The van der Waals surface area contributed by atoms with Crippen LogP contribution in [0.5, 0.6) is 5.75 Å². The molecule has 0 amide bonds. The largest absolute Gasteiger partial charge is 0.487 e. The van der Waals surface area contributed by atoms with Crippen molar-refractivity contribution in [2.45, 2.75) is 13.5 Å². The summed E-state index contributed by atoms with van der Waals surface area (Å²) in [7, 11) is 0. The van der Waals surface area contributed by atoms with Crippen LogP contribution in [0.2, 0.25) is 10.0 Å². The molecule has 164 valence electrons. The molecule has 0 saturated carbocycles. The zero-order valence-electron chi connectivity index (χ0n) is 17.6. The number of halogens is 2. The predicted octanol–water partition coefficient (Wildman–Crippen LogP) is 4.42. The van der Waals surface area contributed by atoms with E-state index in [2.05, 4.69) is 20.2 Å². The van der Waals surface area contributed by atoms with E-state index in [1.807, 2.05) is 42.0 Å². The monoisotopic (exact) mass is 468 g/mol. The lowest BCUT2D eigenvalue weighted by atomic mass is 10.1. The fourth-order valence-corrected chi connectivity index (χ4v) is 4.50. The first kappa shape index (κ1) is 21.0. The van der Waals surface area contributed by atoms with Crippen LogP contribution in [0.15, 0.2) is 49.2 Å². The van der Waals surface area contributed by atoms with E-state index in [4.69, 9.17) is 32.9 Å². The maximum Gasteiger partial charge on any atom is 0.147 e. The second kappa shape index (κ2) is 8.94. The minimum absolute atomic E-state index is 0.217. The standard InChI is InChI=1S/C23H22Cl2N6O/c1-15-11-19(31-10-7-27-14-31)16-3-2-4-20(22(16)29-15)32-13-17-18(24)12-28-23(21(17)25)30-8-5-26-6-9-30/h2-4,7,10-12,14,26H,5-6,8-9,13H2,1H3. The molecule has 9 heteroatoms. The van der Waals surface area contributed by atoms with E-state index in [0.717, 1.165) is 59.8 Å². The molecule has 0 unspecified atom stereocenters. The third-order valence-corrected chi connectivity index (χ3v) is 6.25. The Labute approximate surface area is 196 Å². The third kappa shape index (κ3) is 3.99. The van der Waals surface area contributed by atoms with E-state index in [-0.39, 0.29) is 6.61 Å². The molecule has 5 rings (SSSR count). The quantitative estimate of drug-likeness (QED) is 0.467. The molecule has 0 spiro atoms. The summed E-state index contributed by atoms with van der Waals surface area (Å²) in [5.74, 6) is 1.41. The summed E-state index contributed by atoms with van der Waals surface area (Å²) in [5, 5.41) is 5.32. The van der Waals surface area contributed by atoms with Gasteiger partial charge in [0.2, 0.25) is 0 Å². The van der Waals surface area contributed by atoms with Crippen molar-refractivity contribution in [1.82, 2.24) is 24.8 Å². The number of aromatic nitrogens is 4. The Balaban J connectivity index is 1.49. The lowest BCUT2D eigenvalue weighted by molar-refractivity contribution is 0.309. The molecule has 1 aliphatic rings. The minimum Gasteiger partial charge on any atom is -0.487 e. The average Bonchev–Trinajstić information content (AvgIpc) is 3.34. The number of rotatable bonds is 5. The van der Waals surface area contributed by atoms with Crippen LogP contribution in [0.3, 0.4) is 0 Å². The summed E-state index contributed by atoms with van der Waals surface area (Å²) in [4.78, 5) is 15.6. The second-order valence-electron chi connectivity index (χ2n) is 7.65. The van der Waals surface area contributed by atoms with Gasteiger partial charge in [0, 0.05) is 61.4 Å². The number of piperazine rings is 1. The second-order valence-corrected chi connectivity index (χ2v) is 8.44. The lowest BCUT2D eigenvalue weighted by Gasteiger charge is -2.29. The Kier molecular flexibility index (Phi) is 5.87. The maximum absolute atomic E-state index is 6.73. The van der Waals surface area contributed by atoms with Gasteiger partial charge >= 0.3 is 0 Å². The number of aryl methyl sites for hydroxylation is 1. The smallest absolute Gasteiger partial charge is 0.147 e. The Bertz CT molecular complexity index is 1260. The number of nitrogens with zero attached hydrogens (tertiary/aromatic N) is 5. The fourth-order valence-electron chi connectivity index (χ4n) is 3.93. The van der Waals surface area contributed by atoms with Crippen molar-refractivity contribution in [2.24, 2.45) is 0 Å². The van der Waals surface area contributed by atoms with E-state index >= 15 is 0 Å². The molecule has 0 bridgehead atoms. The Morgan fingerprint density at radius 1 is 1.19 bits per heavy atom. The normalized spacial score (nSPS) is 14.2. The molecule has 7 nitrogen and oxygen atoms in total. The summed E-state index contributed by atoms with van der Waals surface area (Å²) in [5.41, 5.74) is 3.38. The molecule has 1 N–H and O–H groups in total. The topological polar surface area (TPSA) is 68.1 Å². The van der Waals surface area contributed by atoms with Crippen LogP contribution in [0.1, 0.15) is 11.3 Å². The molecular formula is C23H22Cl2N6O. The van der Waals surface area contributed by atoms with Crippen molar-refractivity contribution in [2.75, 3.05) is 31.1 Å². The number of ether oxygens (including phenoxy) is 1. The first-order valence-electron chi connectivity index (χ1n) is 10.4. The van der Waals surface area contributed by atoms with Crippen molar-refractivity contribution in [3.05, 3.63) is 70.5 Å². The highest BCUT2D eigenvalue weighted by Gasteiger charge is 2.20. The summed E-state index contributed by atoms with van der Waals surface area (Å²) < 4.78 is 8.19. The van der Waals surface area contributed by atoms with Crippen LogP contribution in [-0.2, 0) is 6.61 Å². The molecule has 0 radical (unpaired) electrons. The molecular weight excluding hydrogens is 447 g/mol. The van der Waals surface area contributed by atoms with Crippen LogP contribution >= 0.6 is 23.2 Å². The zero-order valence-corrected chi connectivity index (χ0v) is 19.1. The van der Waals surface area contributed by atoms with E-state index < -0.39 is 0 Å². The Morgan fingerprint density at radius 2 is 2.03 bits per heavy atom. The molecule has 4 heterocycles. The number of para-hydroxylation sites is 1. The average molecular weight is 469 g/mol. The van der Waals surface area contributed by atoms with E-state index in [1.54, 1.807) is 18.7 Å². The number of anilines is 1. The van der Waals surface area contributed by atoms with Crippen LogP contribution in [0, 0.1) is 6.92 Å². The molecule has 4 aromatic rings. The van der Waals surface area contributed by atoms with Gasteiger partial charge in [-0.2, -0.15) is 0 Å². The van der Waals surface area contributed by atoms with Gasteiger partial charge in [0.25, 0.3) is 0 Å². The van der Waals surface area contributed by atoms with Crippen LogP contribution < -0.4 is 15.0 Å². The predicted molar refractivity (Wildman–Crippen MR) is 127 cm³/mol. The SMILES string of the molecule is Cc1cc(-n2ccnc2)c2cccc(OCc3c(Cl)cnc(N4CCNCC4)c3Cl)c2n1. The van der Waals surface area contributed by atoms with Crippen LogP contribution in [0.4, 0.5) is 5.82 Å². The van der Waals surface area contributed by atoms with E-state index in [1.165, 1.54) is 0 Å². The molecule has 0 atom stereocenters. The molecule has 32 heavy (non-hydrogen) atoms.